The van der Waals surface area contributed by atoms with Crippen molar-refractivity contribution in [3.8, 4) is 11.1 Å². The summed E-state index contributed by atoms with van der Waals surface area (Å²) in [5.74, 6) is 0.0838. The van der Waals surface area contributed by atoms with Crippen LogP contribution in [-0.2, 0) is 6.42 Å². The summed E-state index contributed by atoms with van der Waals surface area (Å²) in [6.45, 7) is 2.15. The standard InChI is InChI=1S/C24H28N4O/c1-3-7-21-17-28(26-25-21)23-15-14-22(16-23)27(2)24(29)20-12-10-19(11-13-20)18-8-5-4-6-9-18/h4-6,8-13,17,22-23H,3,7,14-16H2,1-2H3. The summed E-state index contributed by atoms with van der Waals surface area (Å²) in [6.07, 6.45) is 7.07. The predicted molar refractivity (Wildman–Crippen MR) is 115 cm³/mol. The van der Waals surface area contributed by atoms with E-state index in [-0.39, 0.29) is 11.9 Å². The minimum atomic E-state index is 0.0838. The maximum absolute atomic E-state index is 13.0. The molecule has 0 radical (unpaired) electrons. The predicted octanol–water partition coefficient (Wildman–Crippen LogP) is 4.76. The minimum Gasteiger partial charge on any atom is -0.339 e. The fourth-order valence-corrected chi connectivity index (χ4v) is 4.19. The number of carbonyl (C=O) groups excluding carboxylic acids is 1. The van der Waals surface area contributed by atoms with Crippen LogP contribution in [0.3, 0.4) is 0 Å². The zero-order chi connectivity index (χ0) is 20.2. The molecule has 2 unspecified atom stereocenters. The van der Waals surface area contributed by atoms with Gasteiger partial charge in [0, 0.05) is 24.8 Å². The molecule has 150 valence electrons. The van der Waals surface area contributed by atoms with E-state index in [1.165, 1.54) is 0 Å². The van der Waals surface area contributed by atoms with Gasteiger partial charge in [-0.25, -0.2) is 4.68 Å². The average molecular weight is 389 g/mol. The molecule has 4 rings (SSSR count). The van der Waals surface area contributed by atoms with Crippen molar-refractivity contribution in [1.29, 1.82) is 0 Å². The molecule has 1 aliphatic carbocycles. The summed E-state index contributed by atoms with van der Waals surface area (Å²) >= 11 is 0. The van der Waals surface area contributed by atoms with Crippen LogP contribution in [0.4, 0.5) is 0 Å². The van der Waals surface area contributed by atoms with Gasteiger partial charge in [0.1, 0.15) is 0 Å². The third-order valence-corrected chi connectivity index (χ3v) is 5.92. The molecule has 5 nitrogen and oxygen atoms in total. The zero-order valence-electron chi connectivity index (χ0n) is 17.2. The van der Waals surface area contributed by atoms with Gasteiger partial charge in [-0.2, -0.15) is 0 Å². The van der Waals surface area contributed by atoms with E-state index >= 15 is 0 Å². The Labute approximate surface area is 172 Å². The molecular formula is C24H28N4O. The number of nitrogens with zero attached hydrogens (tertiary/aromatic N) is 4. The van der Waals surface area contributed by atoms with Gasteiger partial charge in [0.05, 0.1) is 11.7 Å². The third-order valence-electron chi connectivity index (χ3n) is 5.92. The Kier molecular flexibility index (Phi) is 5.74. The van der Waals surface area contributed by atoms with Gasteiger partial charge in [0.15, 0.2) is 0 Å². The molecule has 1 aromatic heterocycles. The van der Waals surface area contributed by atoms with Crippen LogP contribution in [0, 0.1) is 0 Å². The molecule has 0 N–H and O–H groups in total. The first kappa shape index (κ1) is 19.4. The van der Waals surface area contributed by atoms with E-state index in [4.69, 9.17) is 0 Å². The van der Waals surface area contributed by atoms with Crippen molar-refractivity contribution in [2.45, 2.75) is 51.1 Å². The Hall–Kier alpha value is -2.95. The SMILES string of the molecule is CCCc1cn(C2CCC(N(C)C(=O)c3ccc(-c4ccccc4)cc3)C2)nn1. The minimum absolute atomic E-state index is 0.0838. The largest absolute Gasteiger partial charge is 0.339 e. The Bertz CT molecular complexity index is 949. The molecule has 1 saturated carbocycles. The fraction of sp³-hybridized carbons (Fsp3) is 0.375. The topological polar surface area (TPSA) is 51.0 Å². The molecule has 0 spiro atoms. The lowest BCUT2D eigenvalue weighted by molar-refractivity contribution is 0.0732. The van der Waals surface area contributed by atoms with Gasteiger partial charge in [0.25, 0.3) is 5.91 Å². The second-order valence-corrected chi connectivity index (χ2v) is 7.92. The zero-order valence-corrected chi connectivity index (χ0v) is 17.2. The average Bonchev–Trinajstić information content (AvgIpc) is 3.43. The molecule has 0 bridgehead atoms. The van der Waals surface area contributed by atoms with Crippen LogP contribution in [0.15, 0.2) is 60.8 Å². The highest BCUT2D eigenvalue weighted by atomic mass is 16.2. The van der Waals surface area contributed by atoms with Crippen molar-refractivity contribution in [2.75, 3.05) is 7.05 Å². The van der Waals surface area contributed by atoms with Gasteiger partial charge in [0.2, 0.25) is 0 Å². The first-order valence-electron chi connectivity index (χ1n) is 10.5. The number of benzene rings is 2. The lowest BCUT2D eigenvalue weighted by atomic mass is 10.0. The monoisotopic (exact) mass is 388 g/mol. The molecule has 1 amide bonds. The molecule has 2 atom stereocenters. The van der Waals surface area contributed by atoms with Crippen LogP contribution in [0.5, 0.6) is 0 Å². The third kappa shape index (κ3) is 4.24. The van der Waals surface area contributed by atoms with Crippen LogP contribution >= 0.6 is 0 Å². The molecule has 2 aromatic carbocycles. The van der Waals surface area contributed by atoms with Crippen LogP contribution < -0.4 is 0 Å². The summed E-state index contributed by atoms with van der Waals surface area (Å²) in [5, 5.41) is 8.58. The number of aryl methyl sites for hydroxylation is 1. The molecule has 29 heavy (non-hydrogen) atoms. The van der Waals surface area contributed by atoms with E-state index in [1.807, 2.05) is 59.1 Å². The Morgan fingerprint density at radius 2 is 1.79 bits per heavy atom. The molecular weight excluding hydrogens is 360 g/mol. The normalized spacial score (nSPS) is 18.7. The number of amides is 1. The molecule has 1 fully saturated rings. The van der Waals surface area contributed by atoms with Crippen molar-refractivity contribution < 1.29 is 4.79 Å². The van der Waals surface area contributed by atoms with Crippen molar-refractivity contribution >= 4 is 5.91 Å². The number of hydrogen-bond donors (Lipinski definition) is 0. The number of hydrogen-bond acceptors (Lipinski definition) is 3. The maximum atomic E-state index is 13.0. The lowest BCUT2D eigenvalue weighted by Gasteiger charge is -2.25. The van der Waals surface area contributed by atoms with Gasteiger partial charge in [-0.1, -0.05) is 61.0 Å². The van der Waals surface area contributed by atoms with Gasteiger partial charge in [-0.3, -0.25) is 4.79 Å². The van der Waals surface area contributed by atoms with Crippen molar-refractivity contribution in [3.63, 3.8) is 0 Å². The molecule has 1 aliphatic rings. The lowest BCUT2D eigenvalue weighted by Crippen LogP contribution is -2.35. The van der Waals surface area contributed by atoms with Gasteiger partial charge in [-0.15, -0.1) is 5.10 Å². The Morgan fingerprint density at radius 3 is 2.52 bits per heavy atom. The van der Waals surface area contributed by atoms with Crippen LogP contribution in [0.2, 0.25) is 0 Å². The van der Waals surface area contributed by atoms with Gasteiger partial charge in [-0.05, 0) is 48.9 Å². The number of rotatable bonds is 6. The number of carbonyl (C=O) groups is 1. The van der Waals surface area contributed by atoms with Crippen molar-refractivity contribution in [1.82, 2.24) is 19.9 Å². The van der Waals surface area contributed by atoms with Crippen LogP contribution in [-0.4, -0.2) is 38.9 Å². The van der Waals surface area contributed by atoms with Gasteiger partial charge < -0.3 is 4.90 Å². The molecule has 1 heterocycles. The van der Waals surface area contributed by atoms with E-state index in [0.717, 1.165) is 54.5 Å². The first-order valence-corrected chi connectivity index (χ1v) is 10.5. The van der Waals surface area contributed by atoms with Crippen molar-refractivity contribution in [2.24, 2.45) is 0 Å². The molecule has 3 aromatic rings. The van der Waals surface area contributed by atoms with E-state index in [1.54, 1.807) is 0 Å². The molecule has 5 heteroatoms. The highest BCUT2D eigenvalue weighted by molar-refractivity contribution is 5.94. The molecule has 0 saturated heterocycles. The Balaban J connectivity index is 1.40. The summed E-state index contributed by atoms with van der Waals surface area (Å²) < 4.78 is 2.00. The van der Waals surface area contributed by atoms with Crippen molar-refractivity contribution in [3.05, 3.63) is 72.1 Å². The Morgan fingerprint density at radius 1 is 1.07 bits per heavy atom. The smallest absolute Gasteiger partial charge is 0.253 e. The molecule has 0 aliphatic heterocycles. The van der Waals surface area contributed by atoms with E-state index in [0.29, 0.717) is 6.04 Å². The van der Waals surface area contributed by atoms with Gasteiger partial charge >= 0.3 is 0 Å². The second-order valence-electron chi connectivity index (χ2n) is 7.92. The summed E-state index contributed by atoms with van der Waals surface area (Å²) in [5.41, 5.74) is 4.08. The van der Waals surface area contributed by atoms with Crippen LogP contribution in [0.1, 0.15) is 54.7 Å². The van der Waals surface area contributed by atoms with E-state index < -0.39 is 0 Å². The quantitative estimate of drug-likeness (QED) is 0.611. The highest BCUT2D eigenvalue weighted by Gasteiger charge is 2.31. The van der Waals surface area contributed by atoms with E-state index in [2.05, 4.69) is 35.6 Å². The second kappa shape index (κ2) is 8.60. The van der Waals surface area contributed by atoms with Crippen LogP contribution in [0.25, 0.3) is 11.1 Å². The summed E-state index contributed by atoms with van der Waals surface area (Å²) in [4.78, 5) is 14.9. The van der Waals surface area contributed by atoms with E-state index in [9.17, 15) is 4.79 Å². The summed E-state index contributed by atoms with van der Waals surface area (Å²) in [6, 6.07) is 18.7. The highest BCUT2D eigenvalue weighted by Crippen LogP contribution is 2.33. The summed E-state index contributed by atoms with van der Waals surface area (Å²) in [7, 11) is 1.92. The number of aromatic nitrogens is 3. The fourth-order valence-electron chi connectivity index (χ4n) is 4.19. The maximum Gasteiger partial charge on any atom is 0.253 e. The first-order chi connectivity index (χ1) is 14.2.